The molecule has 0 unspecified atom stereocenters. The molecule has 2 saturated heterocycles. The second kappa shape index (κ2) is 9.92. The smallest absolute Gasteiger partial charge is 0.326 e. The first-order valence-electron chi connectivity index (χ1n) is 12.3. The molecule has 0 aromatic heterocycles. The third-order valence-electron chi connectivity index (χ3n) is 7.02. The molecule has 0 atom stereocenters. The molecule has 1 N–H and O–H groups in total. The Kier molecular flexibility index (Phi) is 6.55. The predicted octanol–water partition coefficient (Wildman–Crippen LogP) is 3.85. The van der Waals surface area contributed by atoms with E-state index in [2.05, 4.69) is 46.3 Å². The van der Waals surface area contributed by atoms with E-state index in [-0.39, 0.29) is 11.9 Å². The quantitative estimate of drug-likeness (QED) is 0.535. The minimum atomic E-state index is -0.983. The highest BCUT2D eigenvalue weighted by Gasteiger charge is 2.51. The molecule has 0 saturated carbocycles. The van der Waals surface area contributed by atoms with Gasteiger partial charge in [0.2, 0.25) is 0 Å². The molecule has 6 heteroatoms. The summed E-state index contributed by atoms with van der Waals surface area (Å²) in [6.07, 6.45) is 0.926. The number of piperazine rings is 1. The van der Waals surface area contributed by atoms with Crippen molar-refractivity contribution in [3.63, 3.8) is 0 Å². The minimum Gasteiger partial charge on any atom is -0.369 e. The molecule has 3 amide bonds. The van der Waals surface area contributed by atoms with Crippen LogP contribution in [-0.4, -0.2) is 60.1 Å². The van der Waals surface area contributed by atoms with Crippen LogP contribution in [0.25, 0.3) is 0 Å². The molecule has 35 heavy (non-hydrogen) atoms. The van der Waals surface area contributed by atoms with E-state index < -0.39 is 5.54 Å². The first kappa shape index (κ1) is 23.1. The number of rotatable bonds is 7. The molecule has 2 heterocycles. The van der Waals surface area contributed by atoms with Crippen LogP contribution in [0.4, 0.5) is 10.5 Å². The van der Waals surface area contributed by atoms with E-state index in [1.54, 1.807) is 0 Å². The monoisotopic (exact) mass is 468 g/mol. The second-order valence-corrected chi connectivity index (χ2v) is 9.66. The lowest BCUT2D eigenvalue weighted by atomic mass is 9.84. The van der Waals surface area contributed by atoms with Gasteiger partial charge in [0.05, 0.1) is 6.67 Å². The zero-order valence-corrected chi connectivity index (χ0v) is 20.2. The van der Waals surface area contributed by atoms with Gasteiger partial charge in [0.25, 0.3) is 5.91 Å². The summed E-state index contributed by atoms with van der Waals surface area (Å²) in [6, 6.07) is 28.1. The summed E-state index contributed by atoms with van der Waals surface area (Å²) in [5.41, 5.74) is 3.56. The number of amides is 3. The van der Waals surface area contributed by atoms with Crippen LogP contribution in [0.2, 0.25) is 0 Å². The molecule has 0 radical (unpaired) electrons. The van der Waals surface area contributed by atoms with Crippen LogP contribution < -0.4 is 10.2 Å². The number of hydrogen-bond acceptors (Lipinski definition) is 4. The number of urea groups is 1. The molecular formula is C29H32N4O2. The molecule has 0 spiro atoms. The summed E-state index contributed by atoms with van der Waals surface area (Å²) in [4.78, 5) is 33.0. The van der Waals surface area contributed by atoms with Crippen LogP contribution in [0.5, 0.6) is 0 Å². The van der Waals surface area contributed by atoms with E-state index in [0.29, 0.717) is 19.5 Å². The Balaban J connectivity index is 1.30. The number of nitrogens with zero attached hydrogens (tertiary/aromatic N) is 3. The summed E-state index contributed by atoms with van der Waals surface area (Å²) in [5, 5.41) is 3.10. The van der Waals surface area contributed by atoms with Gasteiger partial charge in [-0.25, -0.2) is 9.69 Å². The normalized spacial score (nSPS) is 18.1. The Labute approximate surface area is 207 Å². The van der Waals surface area contributed by atoms with Gasteiger partial charge in [-0.2, -0.15) is 0 Å². The largest absolute Gasteiger partial charge is 0.369 e. The standard InChI is InChI=1S/C29H32N4O2/c1-23-9-8-14-26(19-23)32-17-15-31(16-18-32)22-33-27(34)29(30-28(33)35,20-24-10-4-2-5-11-24)21-25-12-6-3-7-13-25/h2-14,19H,15-18,20-22H2,1H3,(H,30,35). The summed E-state index contributed by atoms with van der Waals surface area (Å²) in [5.74, 6) is -0.142. The fraction of sp³-hybridized carbons (Fsp3) is 0.310. The van der Waals surface area contributed by atoms with E-state index in [0.717, 1.165) is 37.3 Å². The number of hydrogen-bond donors (Lipinski definition) is 1. The topological polar surface area (TPSA) is 55.9 Å². The predicted molar refractivity (Wildman–Crippen MR) is 138 cm³/mol. The number of anilines is 1. The number of benzene rings is 3. The van der Waals surface area contributed by atoms with Crippen LogP contribution >= 0.6 is 0 Å². The molecule has 5 rings (SSSR count). The fourth-order valence-electron chi connectivity index (χ4n) is 5.17. The van der Waals surface area contributed by atoms with Crippen LogP contribution in [0.3, 0.4) is 0 Å². The molecule has 0 bridgehead atoms. The van der Waals surface area contributed by atoms with Crippen molar-refractivity contribution < 1.29 is 9.59 Å². The van der Waals surface area contributed by atoms with Crippen molar-refractivity contribution in [1.29, 1.82) is 0 Å². The highest BCUT2D eigenvalue weighted by molar-refractivity contribution is 6.07. The van der Waals surface area contributed by atoms with Crippen molar-refractivity contribution in [3.8, 4) is 0 Å². The van der Waals surface area contributed by atoms with Crippen LogP contribution in [0, 0.1) is 6.92 Å². The molecule has 2 fully saturated rings. The zero-order valence-electron chi connectivity index (χ0n) is 20.2. The van der Waals surface area contributed by atoms with Gasteiger partial charge in [0, 0.05) is 44.7 Å². The van der Waals surface area contributed by atoms with Crippen molar-refractivity contribution in [2.24, 2.45) is 0 Å². The van der Waals surface area contributed by atoms with Gasteiger partial charge in [-0.3, -0.25) is 9.69 Å². The first-order valence-corrected chi connectivity index (χ1v) is 12.3. The van der Waals surface area contributed by atoms with E-state index in [9.17, 15) is 9.59 Å². The Bertz CT molecular complexity index is 1130. The lowest BCUT2D eigenvalue weighted by molar-refractivity contribution is -0.132. The van der Waals surface area contributed by atoms with Gasteiger partial charge >= 0.3 is 6.03 Å². The second-order valence-electron chi connectivity index (χ2n) is 9.66. The highest BCUT2D eigenvalue weighted by Crippen LogP contribution is 2.28. The summed E-state index contributed by atoms with van der Waals surface area (Å²) in [7, 11) is 0. The Morgan fingerprint density at radius 2 is 1.37 bits per heavy atom. The summed E-state index contributed by atoms with van der Waals surface area (Å²) < 4.78 is 0. The van der Waals surface area contributed by atoms with Crippen molar-refractivity contribution >= 4 is 17.6 Å². The lowest BCUT2D eigenvalue weighted by Gasteiger charge is -2.37. The molecule has 2 aliphatic rings. The van der Waals surface area contributed by atoms with Crippen LogP contribution in [0.1, 0.15) is 16.7 Å². The van der Waals surface area contributed by atoms with Gasteiger partial charge in [-0.05, 0) is 35.7 Å². The van der Waals surface area contributed by atoms with Gasteiger partial charge in [0.15, 0.2) is 0 Å². The Morgan fingerprint density at radius 1 is 0.771 bits per heavy atom. The molecule has 3 aromatic rings. The van der Waals surface area contributed by atoms with Gasteiger partial charge in [-0.1, -0.05) is 72.8 Å². The first-order chi connectivity index (χ1) is 17.0. The average Bonchev–Trinajstić information content (AvgIpc) is 3.09. The van der Waals surface area contributed by atoms with E-state index in [1.807, 2.05) is 60.7 Å². The van der Waals surface area contributed by atoms with Gasteiger partial charge in [0.1, 0.15) is 5.54 Å². The van der Waals surface area contributed by atoms with E-state index >= 15 is 0 Å². The number of carbonyl (C=O) groups excluding carboxylic acids is 2. The molecule has 6 nitrogen and oxygen atoms in total. The zero-order chi connectivity index (χ0) is 24.3. The molecule has 2 aliphatic heterocycles. The number of carbonyl (C=O) groups is 2. The summed E-state index contributed by atoms with van der Waals surface area (Å²) in [6.45, 7) is 5.76. The Hall–Kier alpha value is -3.64. The van der Waals surface area contributed by atoms with E-state index in [4.69, 9.17) is 0 Å². The van der Waals surface area contributed by atoms with Crippen LogP contribution in [0.15, 0.2) is 84.9 Å². The van der Waals surface area contributed by atoms with Gasteiger partial charge < -0.3 is 10.2 Å². The van der Waals surface area contributed by atoms with Crippen molar-refractivity contribution in [3.05, 3.63) is 102 Å². The SMILES string of the molecule is Cc1cccc(N2CCN(CN3C(=O)NC(Cc4ccccc4)(Cc4ccccc4)C3=O)CC2)c1. The maximum absolute atomic E-state index is 13.8. The average molecular weight is 469 g/mol. The fourth-order valence-corrected chi connectivity index (χ4v) is 5.17. The Morgan fingerprint density at radius 3 is 1.94 bits per heavy atom. The van der Waals surface area contributed by atoms with Crippen LogP contribution in [-0.2, 0) is 17.6 Å². The van der Waals surface area contributed by atoms with Crippen molar-refractivity contribution in [2.45, 2.75) is 25.3 Å². The third-order valence-corrected chi connectivity index (χ3v) is 7.02. The molecule has 0 aliphatic carbocycles. The maximum Gasteiger partial charge on any atom is 0.326 e. The number of imide groups is 1. The van der Waals surface area contributed by atoms with Crippen molar-refractivity contribution in [2.75, 3.05) is 37.7 Å². The molecule has 180 valence electrons. The minimum absolute atomic E-state index is 0.142. The molecular weight excluding hydrogens is 436 g/mol. The number of aryl methyl sites for hydroxylation is 1. The van der Waals surface area contributed by atoms with Gasteiger partial charge in [-0.15, -0.1) is 0 Å². The summed E-state index contributed by atoms with van der Waals surface area (Å²) >= 11 is 0. The van der Waals surface area contributed by atoms with Crippen molar-refractivity contribution in [1.82, 2.24) is 15.1 Å². The third kappa shape index (κ3) is 5.08. The maximum atomic E-state index is 13.8. The lowest BCUT2D eigenvalue weighted by Crippen LogP contribution is -2.53. The molecule has 3 aromatic carbocycles. The number of nitrogens with one attached hydrogen (secondary N) is 1. The van der Waals surface area contributed by atoms with E-state index in [1.165, 1.54) is 16.2 Å². The highest BCUT2D eigenvalue weighted by atomic mass is 16.2.